The molecule has 1 heterocycles. The summed E-state index contributed by atoms with van der Waals surface area (Å²) in [5.41, 5.74) is 6.56. The van der Waals surface area contributed by atoms with Crippen molar-refractivity contribution >= 4 is 29.1 Å². The van der Waals surface area contributed by atoms with Gasteiger partial charge in [0.2, 0.25) is 5.91 Å². The zero-order valence-corrected chi connectivity index (χ0v) is 18.6. The number of halogens is 1. The van der Waals surface area contributed by atoms with Gasteiger partial charge in [-0.05, 0) is 74.6 Å². The summed E-state index contributed by atoms with van der Waals surface area (Å²) < 4.78 is 5.82. The maximum absolute atomic E-state index is 13.2. The van der Waals surface area contributed by atoms with Crippen molar-refractivity contribution in [2.45, 2.75) is 58.2 Å². The van der Waals surface area contributed by atoms with Crippen LogP contribution >= 0.6 is 11.6 Å². The van der Waals surface area contributed by atoms with Crippen LogP contribution in [0.5, 0.6) is 0 Å². The third-order valence-corrected chi connectivity index (χ3v) is 5.95. The molecule has 0 atom stereocenters. The summed E-state index contributed by atoms with van der Waals surface area (Å²) in [7, 11) is 0. The van der Waals surface area contributed by atoms with Gasteiger partial charge in [0, 0.05) is 0 Å². The summed E-state index contributed by atoms with van der Waals surface area (Å²) in [6, 6.07) is 10.7. The van der Waals surface area contributed by atoms with Gasteiger partial charge in [0.05, 0.1) is 10.6 Å². The second kappa shape index (κ2) is 7.64. The highest BCUT2D eigenvalue weighted by Gasteiger charge is 2.53. The van der Waals surface area contributed by atoms with Crippen LogP contribution in [0, 0.1) is 0 Å². The van der Waals surface area contributed by atoms with Crippen LogP contribution in [0.1, 0.15) is 62.0 Å². The monoisotopic (exact) mass is 427 g/mol. The summed E-state index contributed by atoms with van der Waals surface area (Å²) in [6.45, 7) is 8.78. The molecule has 1 fully saturated rings. The second-order valence-corrected chi connectivity index (χ2v) is 9.02. The van der Waals surface area contributed by atoms with Crippen molar-refractivity contribution in [1.29, 1.82) is 0 Å². The van der Waals surface area contributed by atoms with E-state index >= 15 is 0 Å². The number of primary amides is 1. The van der Waals surface area contributed by atoms with Gasteiger partial charge < -0.3 is 10.5 Å². The maximum Gasteiger partial charge on any atom is 0.250 e. The van der Waals surface area contributed by atoms with Gasteiger partial charge in [-0.25, -0.2) is 0 Å². The molecule has 1 amide bonds. The first-order chi connectivity index (χ1) is 13.9. The van der Waals surface area contributed by atoms with E-state index < -0.39 is 23.0 Å². The van der Waals surface area contributed by atoms with Gasteiger partial charge in [-0.1, -0.05) is 36.7 Å². The average Bonchev–Trinajstić information content (AvgIpc) is 2.66. The molecule has 30 heavy (non-hydrogen) atoms. The van der Waals surface area contributed by atoms with Crippen molar-refractivity contribution in [3.63, 3.8) is 0 Å². The molecule has 0 aliphatic carbocycles. The summed E-state index contributed by atoms with van der Waals surface area (Å²) in [4.78, 5) is 38.1. The van der Waals surface area contributed by atoms with Crippen LogP contribution in [0.15, 0.2) is 36.4 Å². The molecule has 0 unspecified atom stereocenters. The van der Waals surface area contributed by atoms with E-state index in [1.54, 1.807) is 45.9 Å². The predicted octanol–water partition coefficient (Wildman–Crippen LogP) is 4.48. The van der Waals surface area contributed by atoms with E-state index in [4.69, 9.17) is 22.1 Å². The molecule has 2 N–H and O–H groups in total. The first-order valence-corrected chi connectivity index (χ1v) is 10.3. The Morgan fingerprint density at radius 1 is 1.00 bits per heavy atom. The molecule has 0 radical (unpaired) electrons. The molecule has 1 saturated heterocycles. The minimum Gasteiger partial charge on any atom is -0.366 e. The Morgan fingerprint density at radius 3 is 2.07 bits per heavy atom. The highest BCUT2D eigenvalue weighted by atomic mass is 35.5. The van der Waals surface area contributed by atoms with Crippen LogP contribution in [0.4, 0.5) is 0 Å². The van der Waals surface area contributed by atoms with Crippen molar-refractivity contribution in [3.8, 4) is 11.1 Å². The van der Waals surface area contributed by atoms with E-state index in [0.29, 0.717) is 12.0 Å². The molecule has 1 aliphatic rings. The van der Waals surface area contributed by atoms with E-state index in [0.717, 1.165) is 16.7 Å². The number of nitrogens with two attached hydrogens (primary N) is 1. The number of aryl methyl sites for hydroxylation is 1. The van der Waals surface area contributed by atoms with Crippen LogP contribution < -0.4 is 5.73 Å². The third kappa shape index (κ3) is 3.80. The lowest BCUT2D eigenvalue weighted by molar-refractivity contribution is -0.184. The quantitative estimate of drug-likeness (QED) is 0.729. The Labute approximate surface area is 181 Å². The van der Waals surface area contributed by atoms with Crippen molar-refractivity contribution in [1.82, 2.24) is 0 Å². The van der Waals surface area contributed by atoms with E-state index in [9.17, 15) is 14.4 Å². The van der Waals surface area contributed by atoms with Crippen molar-refractivity contribution in [2.75, 3.05) is 0 Å². The first kappa shape index (κ1) is 22.2. The summed E-state index contributed by atoms with van der Waals surface area (Å²) in [5, 5.41) is 0.273. The maximum atomic E-state index is 13.2. The van der Waals surface area contributed by atoms with Gasteiger partial charge in [-0.2, -0.15) is 0 Å². The minimum atomic E-state index is -1.08. The predicted molar refractivity (Wildman–Crippen MR) is 117 cm³/mol. The number of carbonyl (C=O) groups excluding carboxylic acids is 3. The number of carbonyl (C=O) groups is 3. The number of Topliss-reactive ketones (excluding diaryl/α,β-unsaturated/α-hetero) is 2. The molecule has 3 rings (SSSR count). The van der Waals surface area contributed by atoms with Gasteiger partial charge in [0.25, 0.3) is 0 Å². The van der Waals surface area contributed by atoms with Crippen molar-refractivity contribution in [2.24, 2.45) is 5.73 Å². The van der Waals surface area contributed by atoms with Crippen LogP contribution in [-0.2, 0) is 20.7 Å². The largest absolute Gasteiger partial charge is 0.366 e. The number of rotatable bonds is 4. The lowest BCUT2D eigenvalue weighted by Crippen LogP contribution is -2.58. The molecule has 0 saturated carbocycles. The zero-order chi connectivity index (χ0) is 22.4. The number of amides is 1. The van der Waals surface area contributed by atoms with Crippen LogP contribution in [-0.4, -0.2) is 28.7 Å². The molecule has 0 spiro atoms. The lowest BCUT2D eigenvalue weighted by atomic mass is 9.73. The normalized spacial score (nSPS) is 18.5. The van der Waals surface area contributed by atoms with Crippen molar-refractivity contribution in [3.05, 3.63) is 58.1 Å². The molecule has 1 aliphatic heterocycles. The van der Waals surface area contributed by atoms with Gasteiger partial charge in [-0.3, -0.25) is 14.4 Å². The highest BCUT2D eigenvalue weighted by Crippen LogP contribution is 2.40. The molecule has 5 nitrogen and oxygen atoms in total. The molecule has 0 aromatic heterocycles. The number of ether oxygens (including phenoxy) is 1. The topological polar surface area (TPSA) is 86.5 Å². The molecule has 158 valence electrons. The van der Waals surface area contributed by atoms with Crippen LogP contribution in [0.3, 0.4) is 0 Å². The molecular weight excluding hydrogens is 402 g/mol. The van der Waals surface area contributed by atoms with Gasteiger partial charge in [0.15, 0.2) is 11.6 Å². The standard InChI is InChI=1S/C24H26ClNO4/c1-6-13-7-8-14(15-9-10-18(25)17(12-15)22(26)29)11-16(13)19-20(27)23(2,3)30-24(4,5)21(19)28/h7-12,19H,6H2,1-5H3,(H2,26,29). The number of ketones is 2. The number of hydrogen-bond acceptors (Lipinski definition) is 4. The number of benzene rings is 2. The Balaban J connectivity index is 2.19. The first-order valence-electron chi connectivity index (χ1n) is 9.90. The second-order valence-electron chi connectivity index (χ2n) is 8.61. The van der Waals surface area contributed by atoms with Crippen LogP contribution in [0.2, 0.25) is 5.02 Å². The van der Waals surface area contributed by atoms with E-state index in [2.05, 4.69) is 0 Å². The Kier molecular flexibility index (Phi) is 5.65. The van der Waals surface area contributed by atoms with Gasteiger partial charge >= 0.3 is 0 Å². The van der Waals surface area contributed by atoms with Gasteiger partial charge in [-0.15, -0.1) is 0 Å². The van der Waals surface area contributed by atoms with E-state index in [1.165, 1.54) is 0 Å². The zero-order valence-electron chi connectivity index (χ0n) is 17.8. The molecule has 6 heteroatoms. The fraction of sp³-hybridized carbons (Fsp3) is 0.375. The highest BCUT2D eigenvalue weighted by molar-refractivity contribution is 6.33. The smallest absolute Gasteiger partial charge is 0.250 e. The minimum absolute atomic E-state index is 0.218. The molecule has 2 aromatic carbocycles. The molecule has 0 bridgehead atoms. The fourth-order valence-electron chi connectivity index (χ4n) is 4.09. The molecule has 2 aromatic rings. The fourth-order valence-corrected chi connectivity index (χ4v) is 4.30. The average molecular weight is 428 g/mol. The Morgan fingerprint density at radius 2 is 1.53 bits per heavy atom. The SMILES string of the molecule is CCc1ccc(-c2ccc(Cl)c(C(N)=O)c2)cc1C1C(=O)C(C)(C)OC(C)(C)C1=O. The summed E-state index contributed by atoms with van der Waals surface area (Å²) in [5.74, 6) is -2.05. The third-order valence-electron chi connectivity index (χ3n) is 5.62. The summed E-state index contributed by atoms with van der Waals surface area (Å²) >= 11 is 6.08. The van der Waals surface area contributed by atoms with Crippen LogP contribution in [0.25, 0.3) is 11.1 Å². The molecular formula is C24H26ClNO4. The summed E-state index contributed by atoms with van der Waals surface area (Å²) in [6.07, 6.45) is 0.668. The Bertz CT molecular complexity index is 1030. The Hall–Kier alpha value is -2.50. The van der Waals surface area contributed by atoms with Gasteiger partial charge in [0.1, 0.15) is 17.1 Å². The number of hydrogen-bond donors (Lipinski definition) is 1. The van der Waals surface area contributed by atoms with E-state index in [-0.39, 0.29) is 22.2 Å². The van der Waals surface area contributed by atoms with E-state index in [1.807, 2.05) is 25.1 Å². The lowest BCUT2D eigenvalue weighted by Gasteiger charge is -2.43. The van der Waals surface area contributed by atoms with Crippen molar-refractivity contribution < 1.29 is 19.1 Å².